The lowest BCUT2D eigenvalue weighted by molar-refractivity contribution is 0.0946. The van der Waals surface area contributed by atoms with Gasteiger partial charge in [-0.2, -0.15) is 5.10 Å². The van der Waals surface area contributed by atoms with Crippen molar-refractivity contribution in [2.24, 2.45) is 0 Å². The van der Waals surface area contributed by atoms with Crippen molar-refractivity contribution in [1.29, 1.82) is 0 Å². The SMILES string of the molecule is Cc1ccc(CNC(=O)c2cc(C)n3nc(-c4ccco4)cc3n2)cc1. The minimum Gasteiger partial charge on any atom is -0.463 e. The molecule has 0 unspecified atom stereocenters. The summed E-state index contributed by atoms with van der Waals surface area (Å²) in [5.74, 6) is 0.456. The lowest BCUT2D eigenvalue weighted by Gasteiger charge is -2.07. The fourth-order valence-electron chi connectivity index (χ4n) is 2.76. The molecule has 0 aliphatic rings. The Labute approximate surface area is 150 Å². The molecule has 0 spiro atoms. The molecule has 0 saturated carbocycles. The van der Waals surface area contributed by atoms with E-state index in [1.54, 1.807) is 16.8 Å². The van der Waals surface area contributed by atoms with E-state index in [-0.39, 0.29) is 5.91 Å². The number of fused-ring (bicyclic) bond motifs is 1. The maximum atomic E-state index is 12.5. The molecule has 0 radical (unpaired) electrons. The molecule has 6 nitrogen and oxygen atoms in total. The Morgan fingerprint density at radius 1 is 1.15 bits per heavy atom. The summed E-state index contributed by atoms with van der Waals surface area (Å²) in [4.78, 5) is 16.9. The second-order valence-corrected chi connectivity index (χ2v) is 6.23. The van der Waals surface area contributed by atoms with Gasteiger partial charge in [0, 0.05) is 18.3 Å². The van der Waals surface area contributed by atoms with Gasteiger partial charge in [-0.3, -0.25) is 4.79 Å². The maximum Gasteiger partial charge on any atom is 0.270 e. The summed E-state index contributed by atoms with van der Waals surface area (Å²) in [5.41, 5.74) is 4.73. The van der Waals surface area contributed by atoms with Crippen molar-refractivity contribution in [2.75, 3.05) is 0 Å². The molecule has 3 heterocycles. The number of nitrogens with zero attached hydrogens (tertiary/aromatic N) is 3. The molecular weight excluding hydrogens is 328 g/mol. The highest BCUT2D eigenvalue weighted by atomic mass is 16.3. The third-order valence-electron chi connectivity index (χ3n) is 4.19. The molecule has 0 saturated heterocycles. The zero-order valence-electron chi connectivity index (χ0n) is 14.6. The smallest absolute Gasteiger partial charge is 0.270 e. The topological polar surface area (TPSA) is 72.4 Å². The second-order valence-electron chi connectivity index (χ2n) is 6.23. The van der Waals surface area contributed by atoms with E-state index in [0.717, 1.165) is 11.3 Å². The fourth-order valence-corrected chi connectivity index (χ4v) is 2.76. The van der Waals surface area contributed by atoms with Gasteiger partial charge in [-0.05, 0) is 37.6 Å². The third kappa shape index (κ3) is 3.09. The number of rotatable bonds is 4. The van der Waals surface area contributed by atoms with E-state index >= 15 is 0 Å². The van der Waals surface area contributed by atoms with Gasteiger partial charge in [0.2, 0.25) is 0 Å². The van der Waals surface area contributed by atoms with Crippen LogP contribution in [0, 0.1) is 13.8 Å². The van der Waals surface area contributed by atoms with Gasteiger partial charge in [0.15, 0.2) is 11.4 Å². The number of benzene rings is 1. The number of carbonyl (C=O) groups excluding carboxylic acids is 1. The number of carbonyl (C=O) groups is 1. The van der Waals surface area contributed by atoms with Gasteiger partial charge in [-0.1, -0.05) is 29.8 Å². The molecule has 4 aromatic rings. The van der Waals surface area contributed by atoms with Crippen LogP contribution in [0.3, 0.4) is 0 Å². The summed E-state index contributed by atoms with van der Waals surface area (Å²) in [5, 5.41) is 7.40. The molecule has 1 amide bonds. The van der Waals surface area contributed by atoms with Crippen molar-refractivity contribution >= 4 is 11.6 Å². The molecule has 1 aromatic carbocycles. The standard InChI is InChI=1S/C20H18N4O2/c1-13-5-7-15(8-6-13)12-21-20(25)17-10-14(2)24-19(22-17)11-16(23-24)18-4-3-9-26-18/h3-11H,12H2,1-2H3,(H,21,25). The second kappa shape index (κ2) is 6.48. The molecule has 3 aromatic heterocycles. The van der Waals surface area contributed by atoms with Crippen molar-refractivity contribution < 1.29 is 9.21 Å². The normalized spacial score (nSPS) is 11.0. The van der Waals surface area contributed by atoms with Crippen molar-refractivity contribution in [3.63, 3.8) is 0 Å². The lowest BCUT2D eigenvalue weighted by Crippen LogP contribution is -2.24. The molecule has 1 N–H and O–H groups in total. The number of aryl methyl sites for hydroxylation is 2. The average molecular weight is 346 g/mol. The first-order valence-corrected chi connectivity index (χ1v) is 8.35. The fraction of sp³-hybridized carbons (Fsp3) is 0.150. The highest BCUT2D eigenvalue weighted by molar-refractivity contribution is 5.92. The molecule has 4 rings (SSSR count). The molecule has 0 atom stereocenters. The predicted octanol–water partition coefficient (Wildman–Crippen LogP) is 3.54. The van der Waals surface area contributed by atoms with Crippen LogP contribution in [0.5, 0.6) is 0 Å². The molecule has 0 aliphatic heterocycles. The van der Waals surface area contributed by atoms with E-state index in [9.17, 15) is 4.79 Å². The summed E-state index contributed by atoms with van der Waals surface area (Å²) in [6.45, 7) is 4.39. The highest BCUT2D eigenvalue weighted by Gasteiger charge is 2.14. The van der Waals surface area contributed by atoms with E-state index in [1.807, 2.05) is 56.3 Å². The number of hydrogen-bond acceptors (Lipinski definition) is 4. The molecule has 6 heteroatoms. The molecule has 0 aliphatic carbocycles. The van der Waals surface area contributed by atoms with E-state index in [0.29, 0.717) is 29.3 Å². The number of aromatic nitrogens is 3. The number of hydrogen-bond donors (Lipinski definition) is 1. The number of furan rings is 1. The summed E-state index contributed by atoms with van der Waals surface area (Å²) in [6.07, 6.45) is 1.60. The van der Waals surface area contributed by atoms with Crippen molar-refractivity contribution in [2.45, 2.75) is 20.4 Å². The first-order valence-electron chi connectivity index (χ1n) is 8.35. The van der Waals surface area contributed by atoms with Crippen LogP contribution in [0.1, 0.15) is 27.3 Å². The zero-order chi connectivity index (χ0) is 18.1. The van der Waals surface area contributed by atoms with Gasteiger partial charge >= 0.3 is 0 Å². The maximum absolute atomic E-state index is 12.5. The Kier molecular flexibility index (Phi) is 4.01. The molecular formula is C20H18N4O2. The molecule has 0 fully saturated rings. The van der Waals surface area contributed by atoms with Crippen molar-refractivity contribution in [1.82, 2.24) is 19.9 Å². The lowest BCUT2D eigenvalue weighted by atomic mass is 10.1. The quantitative estimate of drug-likeness (QED) is 0.613. The van der Waals surface area contributed by atoms with Gasteiger partial charge in [0.1, 0.15) is 11.4 Å². The van der Waals surface area contributed by atoms with E-state index in [4.69, 9.17) is 4.42 Å². The first kappa shape index (κ1) is 16.1. The Hall–Kier alpha value is -3.41. The van der Waals surface area contributed by atoms with Gasteiger partial charge in [0.25, 0.3) is 5.91 Å². The van der Waals surface area contributed by atoms with Gasteiger partial charge in [-0.15, -0.1) is 0 Å². The van der Waals surface area contributed by atoms with Gasteiger partial charge < -0.3 is 9.73 Å². The van der Waals surface area contributed by atoms with Crippen LogP contribution in [0.15, 0.2) is 59.2 Å². The van der Waals surface area contributed by atoms with Gasteiger partial charge in [-0.25, -0.2) is 9.50 Å². The molecule has 130 valence electrons. The first-order chi connectivity index (χ1) is 12.6. The van der Waals surface area contributed by atoms with Crippen LogP contribution < -0.4 is 5.32 Å². The van der Waals surface area contributed by atoms with Crippen LogP contribution >= 0.6 is 0 Å². The van der Waals surface area contributed by atoms with Crippen LogP contribution in [0.25, 0.3) is 17.1 Å². The van der Waals surface area contributed by atoms with Gasteiger partial charge in [0.05, 0.1) is 6.26 Å². The van der Waals surface area contributed by atoms with Crippen molar-refractivity contribution in [3.05, 3.63) is 77.3 Å². The van der Waals surface area contributed by atoms with Crippen LogP contribution in [-0.2, 0) is 6.54 Å². The van der Waals surface area contributed by atoms with Crippen LogP contribution in [0.4, 0.5) is 0 Å². The van der Waals surface area contributed by atoms with Crippen LogP contribution in [-0.4, -0.2) is 20.5 Å². The van der Waals surface area contributed by atoms with Crippen LogP contribution in [0.2, 0.25) is 0 Å². The Morgan fingerprint density at radius 3 is 2.69 bits per heavy atom. The summed E-state index contributed by atoms with van der Waals surface area (Å²) < 4.78 is 7.08. The number of nitrogens with one attached hydrogen (secondary N) is 1. The van der Waals surface area contributed by atoms with E-state index in [2.05, 4.69) is 15.4 Å². The Balaban J connectivity index is 1.57. The Morgan fingerprint density at radius 2 is 1.96 bits per heavy atom. The summed E-state index contributed by atoms with van der Waals surface area (Å²) in [7, 11) is 0. The Bertz CT molecular complexity index is 1060. The van der Waals surface area contributed by atoms with E-state index < -0.39 is 0 Å². The van der Waals surface area contributed by atoms with E-state index in [1.165, 1.54) is 5.56 Å². The summed E-state index contributed by atoms with van der Waals surface area (Å²) in [6, 6.07) is 15.2. The third-order valence-corrected chi connectivity index (χ3v) is 4.19. The molecule has 0 bridgehead atoms. The summed E-state index contributed by atoms with van der Waals surface area (Å²) >= 11 is 0. The highest BCUT2D eigenvalue weighted by Crippen LogP contribution is 2.20. The molecule has 26 heavy (non-hydrogen) atoms. The number of amides is 1. The minimum absolute atomic E-state index is 0.211. The monoisotopic (exact) mass is 346 g/mol. The van der Waals surface area contributed by atoms with Crippen molar-refractivity contribution in [3.8, 4) is 11.5 Å². The largest absolute Gasteiger partial charge is 0.463 e. The average Bonchev–Trinajstić information content (AvgIpc) is 3.30. The predicted molar refractivity (Wildman–Crippen MR) is 97.8 cm³/mol. The zero-order valence-corrected chi connectivity index (χ0v) is 14.6. The minimum atomic E-state index is -0.211.